The fraction of sp³-hybridized carbons (Fsp3) is 0.400. The predicted molar refractivity (Wildman–Crippen MR) is 81.3 cm³/mol. The molecule has 0 saturated heterocycles. The van der Waals surface area contributed by atoms with Crippen molar-refractivity contribution in [3.8, 4) is 0 Å². The van der Waals surface area contributed by atoms with Gasteiger partial charge in [0.1, 0.15) is 0 Å². The lowest BCUT2D eigenvalue weighted by Gasteiger charge is -1.94. The molecule has 0 unspecified atom stereocenters. The largest absolute Gasteiger partial charge is 0.394 e. The van der Waals surface area contributed by atoms with Crippen molar-refractivity contribution in [1.82, 2.24) is 9.13 Å². The molecule has 0 aromatic carbocycles. The molecule has 2 N–H and O–H groups in total. The van der Waals surface area contributed by atoms with Crippen LogP contribution in [0.5, 0.6) is 0 Å². The van der Waals surface area contributed by atoms with E-state index in [2.05, 4.69) is 33.2 Å². The zero-order valence-electron chi connectivity index (χ0n) is 11.4. The first-order chi connectivity index (χ1) is 9.85. The van der Waals surface area contributed by atoms with E-state index in [9.17, 15) is 0 Å². The van der Waals surface area contributed by atoms with Crippen LogP contribution in [-0.4, -0.2) is 26.7 Å². The maximum Gasteiger partial charge on any atom is 0.394 e. The van der Waals surface area contributed by atoms with Crippen molar-refractivity contribution < 1.29 is 17.5 Å². The molecule has 118 valence electrons. The Morgan fingerprint density at radius 1 is 1.00 bits per heavy atom. The zero-order valence-corrected chi connectivity index (χ0v) is 13.9. The van der Waals surface area contributed by atoms with Gasteiger partial charge in [0.2, 0.25) is 9.60 Å². The Balaban J connectivity index is 0.000000383. The van der Waals surface area contributed by atoms with E-state index in [0.29, 0.717) is 0 Å². The van der Waals surface area contributed by atoms with Gasteiger partial charge in [0.05, 0.1) is 0 Å². The maximum absolute atomic E-state index is 8.74. The van der Waals surface area contributed by atoms with Gasteiger partial charge in [-0.1, -0.05) is 0 Å². The molecule has 2 rings (SSSR count). The molecule has 0 atom stereocenters. The summed E-state index contributed by atoms with van der Waals surface area (Å²) in [6.07, 6.45) is 4.06. The van der Waals surface area contributed by atoms with Gasteiger partial charge >= 0.3 is 10.4 Å². The van der Waals surface area contributed by atoms with E-state index >= 15 is 0 Å². The summed E-state index contributed by atoms with van der Waals surface area (Å²) in [4.78, 5) is 1.89. The molecule has 2 aromatic rings. The summed E-state index contributed by atoms with van der Waals surface area (Å²) >= 11 is 3.21. The van der Waals surface area contributed by atoms with Crippen molar-refractivity contribution in [1.29, 1.82) is 0 Å². The van der Waals surface area contributed by atoms with Gasteiger partial charge in [0, 0.05) is 36.2 Å². The van der Waals surface area contributed by atoms with Crippen LogP contribution in [0.4, 0.5) is 0 Å². The third-order valence-corrected chi connectivity index (χ3v) is 3.79. The minimum atomic E-state index is -4.67. The molecule has 0 amide bonds. The Hall–Kier alpha value is -1.27. The smallest absolute Gasteiger partial charge is 0.323 e. The molecule has 2 heterocycles. The van der Waals surface area contributed by atoms with E-state index in [1.54, 1.807) is 22.7 Å². The van der Waals surface area contributed by atoms with Crippen LogP contribution in [0.1, 0.15) is 13.8 Å². The van der Waals surface area contributed by atoms with Crippen molar-refractivity contribution in [3.05, 3.63) is 32.8 Å². The molecule has 0 aliphatic carbocycles. The molecule has 0 aliphatic heterocycles. The van der Waals surface area contributed by atoms with Crippen LogP contribution in [0.2, 0.25) is 0 Å². The summed E-state index contributed by atoms with van der Waals surface area (Å²) in [6.45, 7) is 6.05. The third-order valence-electron chi connectivity index (χ3n) is 2.22. The zero-order chi connectivity index (χ0) is 15.9. The molecule has 0 spiro atoms. The van der Waals surface area contributed by atoms with E-state index in [-0.39, 0.29) is 0 Å². The molecule has 0 fully saturated rings. The van der Waals surface area contributed by atoms with Crippen molar-refractivity contribution in [3.63, 3.8) is 0 Å². The van der Waals surface area contributed by atoms with E-state index in [1.807, 2.05) is 23.2 Å². The first-order valence-electron chi connectivity index (χ1n) is 5.90. The van der Waals surface area contributed by atoms with Crippen LogP contribution in [0.15, 0.2) is 33.4 Å². The van der Waals surface area contributed by atoms with Gasteiger partial charge in [0.25, 0.3) is 0 Å². The van der Waals surface area contributed by atoms with Crippen LogP contribution in [0, 0.1) is 0 Å². The minimum Gasteiger partial charge on any atom is -0.323 e. The highest BCUT2D eigenvalue weighted by molar-refractivity contribution is 7.79. The minimum absolute atomic E-state index is 0.927. The van der Waals surface area contributed by atoms with Gasteiger partial charge in [-0.2, -0.15) is 8.42 Å². The fourth-order valence-corrected chi connectivity index (χ4v) is 2.81. The first-order valence-corrected chi connectivity index (χ1v) is 9.06. The SMILES string of the molecule is CCn1ccsc1=NN=c1sccn1CC.O=S(=O)(O)O. The highest BCUT2D eigenvalue weighted by atomic mass is 32.3. The van der Waals surface area contributed by atoms with Crippen molar-refractivity contribution >= 4 is 33.1 Å². The normalized spacial score (nSPS) is 13.1. The number of hydrogen-bond acceptors (Lipinski definition) is 6. The topological polar surface area (TPSA) is 109 Å². The Morgan fingerprint density at radius 2 is 1.33 bits per heavy atom. The molecule has 21 heavy (non-hydrogen) atoms. The second kappa shape index (κ2) is 8.24. The van der Waals surface area contributed by atoms with Crippen LogP contribution in [0.25, 0.3) is 0 Å². The number of rotatable bonds is 3. The van der Waals surface area contributed by atoms with Crippen LogP contribution >= 0.6 is 22.7 Å². The van der Waals surface area contributed by atoms with Gasteiger partial charge in [-0.15, -0.1) is 32.9 Å². The molecule has 8 nitrogen and oxygen atoms in total. The Labute approximate surface area is 129 Å². The van der Waals surface area contributed by atoms with Crippen LogP contribution in [-0.2, 0) is 23.5 Å². The summed E-state index contributed by atoms with van der Waals surface area (Å²) in [5.74, 6) is 0. The average molecular weight is 352 g/mol. The summed E-state index contributed by atoms with van der Waals surface area (Å²) in [5.41, 5.74) is 0. The van der Waals surface area contributed by atoms with Crippen LogP contribution in [0.3, 0.4) is 0 Å². The lowest BCUT2D eigenvalue weighted by molar-refractivity contribution is 0.381. The van der Waals surface area contributed by atoms with Gasteiger partial charge in [-0.05, 0) is 13.8 Å². The monoisotopic (exact) mass is 352 g/mol. The predicted octanol–water partition coefficient (Wildman–Crippen LogP) is 1.22. The Morgan fingerprint density at radius 3 is 1.62 bits per heavy atom. The maximum atomic E-state index is 8.74. The van der Waals surface area contributed by atoms with Crippen LogP contribution < -0.4 is 9.60 Å². The summed E-state index contributed by atoms with van der Waals surface area (Å²) < 4.78 is 35.7. The molecular weight excluding hydrogens is 336 g/mol. The summed E-state index contributed by atoms with van der Waals surface area (Å²) in [7, 11) is -4.67. The van der Waals surface area contributed by atoms with Gasteiger partial charge < -0.3 is 9.13 Å². The van der Waals surface area contributed by atoms with Gasteiger partial charge in [-0.3, -0.25) is 9.11 Å². The first kappa shape index (κ1) is 17.8. The van der Waals surface area contributed by atoms with E-state index in [1.165, 1.54) is 0 Å². The summed E-state index contributed by atoms with van der Waals surface area (Å²) in [5, 5.41) is 12.6. The molecule has 0 aliphatic rings. The molecule has 2 aromatic heterocycles. The summed E-state index contributed by atoms with van der Waals surface area (Å²) in [6, 6.07) is 0. The van der Waals surface area contributed by atoms with Crippen molar-refractivity contribution in [2.45, 2.75) is 26.9 Å². The second-order valence-electron chi connectivity index (χ2n) is 3.59. The van der Waals surface area contributed by atoms with E-state index in [4.69, 9.17) is 17.5 Å². The molecule has 0 bridgehead atoms. The number of aromatic nitrogens is 2. The highest BCUT2D eigenvalue weighted by Crippen LogP contribution is 1.91. The van der Waals surface area contributed by atoms with Gasteiger partial charge in [-0.25, -0.2) is 0 Å². The van der Waals surface area contributed by atoms with Gasteiger partial charge in [0.15, 0.2) is 0 Å². The number of hydrogen-bond donors (Lipinski definition) is 2. The highest BCUT2D eigenvalue weighted by Gasteiger charge is 1.92. The van der Waals surface area contributed by atoms with E-state index in [0.717, 1.165) is 22.7 Å². The van der Waals surface area contributed by atoms with Crippen molar-refractivity contribution in [2.75, 3.05) is 0 Å². The second-order valence-corrected chi connectivity index (χ2v) is 6.23. The standard InChI is InChI=1S/C10H14N4S2.H2O4S/c1-3-13-5-7-15-9(13)11-12-10-14(4-2)6-8-16-10;1-5(2,3)4/h5-8H,3-4H2,1-2H3;(H2,1,2,3,4). The van der Waals surface area contributed by atoms with Crippen molar-refractivity contribution in [2.24, 2.45) is 10.2 Å². The molecule has 0 radical (unpaired) electrons. The lowest BCUT2D eigenvalue weighted by Crippen LogP contribution is -2.15. The third kappa shape index (κ3) is 6.82. The number of thiazole rings is 2. The Kier molecular flexibility index (Phi) is 6.98. The molecular formula is C10H16N4O4S3. The Bertz CT molecular complexity index is 721. The molecule has 11 heteroatoms. The van der Waals surface area contributed by atoms with E-state index < -0.39 is 10.4 Å². The molecule has 0 saturated carbocycles. The number of nitrogens with zero attached hydrogens (tertiary/aromatic N) is 4. The fourth-order valence-electron chi connectivity index (χ4n) is 1.32. The average Bonchev–Trinajstić information content (AvgIpc) is 3.02. The number of aryl methyl sites for hydroxylation is 2. The lowest BCUT2D eigenvalue weighted by atomic mass is 10.7. The quantitative estimate of drug-likeness (QED) is 0.639.